The van der Waals surface area contributed by atoms with Gasteiger partial charge < -0.3 is 0 Å². The Hall–Kier alpha value is -3.38. The molecular weight excluding hydrogens is 416 g/mol. The lowest BCUT2D eigenvalue weighted by Gasteiger charge is -2.16. The summed E-state index contributed by atoms with van der Waals surface area (Å²) in [5.74, 6) is -0.765. The summed E-state index contributed by atoms with van der Waals surface area (Å²) in [6.45, 7) is 1.14. The summed E-state index contributed by atoms with van der Waals surface area (Å²) in [6.07, 6.45) is 4.15. The molecule has 7 nitrogen and oxygen atoms in total. The van der Waals surface area contributed by atoms with Crippen molar-refractivity contribution in [3.63, 3.8) is 0 Å². The molecule has 1 saturated carbocycles. The second kappa shape index (κ2) is 7.15. The Balaban J connectivity index is 2.03. The third-order valence-corrected chi connectivity index (χ3v) is 5.38. The van der Waals surface area contributed by atoms with Crippen LogP contribution in [0.5, 0.6) is 0 Å². The maximum Gasteiger partial charge on any atom is 0.336 e. The van der Waals surface area contributed by atoms with Crippen molar-refractivity contribution in [2.45, 2.75) is 32.0 Å². The zero-order valence-electron chi connectivity index (χ0n) is 15.7. The van der Waals surface area contributed by atoms with Gasteiger partial charge in [0.05, 0.1) is 40.4 Å². The molecule has 0 aromatic carbocycles. The van der Waals surface area contributed by atoms with E-state index in [9.17, 15) is 18.4 Å². The number of hydrogen-bond acceptors (Lipinski definition) is 5. The van der Waals surface area contributed by atoms with Gasteiger partial charge in [-0.15, -0.1) is 0 Å². The van der Waals surface area contributed by atoms with Crippen molar-refractivity contribution in [2.24, 2.45) is 0 Å². The summed E-state index contributed by atoms with van der Waals surface area (Å²) in [4.78, 5) is 34.2. The van der Waals surface area contributed by atoms with Crippen LogP contribution < -0.4 is 11.2 Å². The Morgan fingerprint density at radius 1 is 1.27 bits per heavy atom. The van der Waals surface area contributed by atoms with Crippen LogP contribution in [0.25, 0.3) is 16.9 Å². The molecular formula is C20H14ClF2N5O2. The SMILES string of the molecule is Cc1c(-c2cc(Cl)c(F)cn2)c(=O)n(-c2cncc(C3(F)CC3)c2)c(=O)n1CC#N. The zero-order valence-corrected chi connectivity index (χ0v) is 16.5. The number of pyridine rings is 2. The van der Waals surface area contributed by atoms with Crippen molar-refractivity contribution in [1.82, 2.24) is 19.1 Å². The Bertz CT molecular complexity index is 1340. The maximum atomic E-state index is 14.5. The minimum absolute atomic E-state index is 0.0291. The highest BCUT2D eigenvalue weighted by molar-refractivity contribution is 6.30. The molecule has 0 atom stereocenters. The first-order valence-corrected chi connectivity index (χ1v) is 9.34. The van der Waals surface area contributed by atoms with Crippen LogP contribution >= 0.6 is 11.6 Å². The molecule has 3 aromatic rings. The molecule has 1 fully saturated rings. The lowest BCUT2D eigenvalue weighted by Crippen LogP contribution is -2.41. The van der Waals surface area contributed by atoms with E-state index < -0.39 is 22.7 Å². The fourth-order valence-corrected chi connectivity index (χ4v) is 3.43. The molecule has 152 valence electrons. The lowest BCUT2D eigenvalue weighted by atomic mass is 10.1. The highest BCUT2D eigenvalue weighted by Crippen LogP contribution is 2.49. The minimum Gasteiger partial charge on any atom is -0.283 e. The predicted molar refractivity (Wildman–Crippen MR) is 105 cm³/mol. The summed E-state index contributed by atoms with van der Waals surface area (Å²) in [5, 5.41) is 8.91. The first-order valence-electron chi connectivity index (χ1n) is 8.96. The smallest absolute Gasteiger partial charge is 0.283 e. The highest BCUT2D eigenvalue weighted by Gasteiger charge is 2.45. The molecule has 3 aromatic heterocycles. The number of aromatic nitrogens is 4. The molecule has 0 N–H and O–H groups in total. The number of hydrogen-bond donors (Lipinski definition) is 0. The first kappa shape index (κ1) is 19.9. The second-order valence-electron chi connectivity index (χ2n) is 7.01. The molecule has 0 amide bonds. The maximum absolute atomic E-state index is 14.5. The van der Waals surface area contributed by atoms with Gasteiger partial charge >= 0.3 is 5.69 Å². The van der Waals surface area contributed by atoms with Crippen molar-refractivity contribution in [1.29, 1.82) is 5.26 Å². The van der Waals surface area contributed by atoms with Crippen LogP contribution in [0.2, 0.25) is 5.02 Å². The number of alkyl halides is 1. The molecule has 0 radical (unpaired) electrons. The number of nitriles is 1. The van der Waals surface area contributed by atoms with Crippen LogP contribution in [-0.2, 0) is 12.2 Å². The van der Waals surface area contributed by atoms with Gasteiger partial charge in [0, 0.05) is 17.5 Å². The third kappa shape index (κ3) is 3.19. The normalized spacial score (nSPS) is 14.4. The van der Waals surface area contributed by atoms with Crippen LogP contribution in [-0.4, -0.2) is 19.1 Å². The molecule has 3 heterocycles. The Kier molecular flexibility index (Phi) is 4.74. The summed E-state index contributed by atoms with van der Waals surface area (Å²) in [6, 6.07) is 4.43. The van der Waals surface area contributed by atoms with E-state index in [0.29, 0.717) is 12.8 Å². The number of nitrogens with zero attached hydrogens (tertiary/aromatic N) is 5. The van der Waals surface area contributed by atoms with Crippen LogP contribution in [0.1, 0.15) is 24.1 Å². The van der Waals surface area contributed by atoms with Gasteiger partial charge in [-0.25, -0.2) is 18.1 Å². The molecule has 0 bridgehead atoms. The van der Waals surface area contributed by atoms with E-state index in [1.54, 1.807) is 0 Å². The van der Waals surface area contributed by atoms with Gasteiger partial charge in [0.2, 0.25) is 0 Å². The largest absolute Gasteiger partial charge is 0.336 e. The molecule has 4 rings (SSSR count). The van der Waals surface area contributed by atoms with Gasteiger partial charge in [-0.3, -0.25) is 19.3 Å². The highest BCUT2D eigenvalue weighted by atomic mass is 35.5. The summed E-state index contributed by atoms with van der Waals surface area (Å²) >= 11 is 5.84. The molecule has 0 unspecified atom stereocenters. The monoisotopic (exact) mass is 429 g/mol. The van der Waals surface area contributed by atoms with E-state index in [0.717, 1.165) is 15.3 Å². The molecule has 30 heavy (non-hydrogen) atoms. The molecule has 10 heteroatoms. The Morgan fingerprint density at radius 3 is 2.63 bits per heavy atom. The molecule has 0 spiro atoms. The van der Waals surface area contributed by atoms with E-state index in [-0.39, 0.29) is 39.8 Å². The second-order valence-corrected chi connectivity index (χ2v) is 7.42. The van der Waals surface area contributed by atoms with Crippen molar-refractivity contribution < 1.29 is 8.78 Å². The molecule has 0 aliphatic heterocycles. The fourth-order valence-electron chi connectivity index (χ4n) is 3.28. The Labute approximate surface area is 173 Å². The number of halogens is 3. The summed E-state index contributed by atoms with van der Waals surface area (Å²) in [5.41, 5.74) is -2.54. The molecule has 1 aliphatic rings. The van der Waals surface area contributed by atoms with Gasteiger partial charge in [-0.05, 0) is 31.9 Å². The summed E-state index contributed by atoms with van der Waals surface area (Å²) in [7, 11) is 0. The zero-order chi connectivity index (χ0) is 21.6. The van der Waals surface area contributed by atoms with Crippen LogP contribution in [0.3, 0.4) is 0 Å². The quantitative estimate of drug-likeness (QED) is 0.635. The Morgan fingerprint density at radius 2 is 2.00 bits per heavy atom. The summed E-state index contributed by atoms with van der Waals surface area (Å²) < 4.78 is 30.0. The standard InChI is InChI=1S/C20H14ClF2N5O2/c1-11-17(16-7-14(21)15(22)10-26-16)18(29)28(19(30)27(11)5-4-24)13-6-12(8-25-9-13)20(23)2-3-20/h6-10H,2-3,5H2,1H3. The van der Waals surface area contributed by atoms with E-state index in [4.69, 9.17) is 16.9 Å². The first-order chi connectivity index (χ1) is 14.3. The van der Waals surface area contributed by atoms with Crippen molar-refractivity contribution in [2.75, 3.05) is 0 Å². The average Bonchev–Trinajstić information content (AvgIpc) is 3.47. The fraction of sp³-hybridized carbons (Fsp3) is 0.250. The van der Waals surface area contributed by atoms with Crippen LogP contribution in [0.15, 0.2) is 40.3 Å². The van der Waals surface area contributed by atoms with E-state index >= 15 is 0 Å². The number of rotatable bonds is 4. The average molecular weight is 430 g/mol. The van der Waals surface area contributed by atoms with Crippen LogP contribution in [0.4, 0.5) is 8.78 Å². The van der Waals surface area contributed by atoms with Gasteiger partial charge in [-0.1, -0.05) is 11.6 Å². The van der Waals surface area contributed by atoms with Crippen molar-refractivity contribution in [3.05, 3.63) is 73.7 Å². The van der Waals surface area contributed by atoms with Gasteiger partial charge in [0.1, 0.15) is 12.2 Å². The van der Waals surface area contributed by atoms with E-state index in [2.05, 4.69) is 9.97 Å². The van der Waals surface area contributed by atoms with Crippen molar-refractivity contribution in [3.8, 4) is 23.0 Å². The van der Waals surface area contributed by atoms with Crippen molar-refractivity contribution >= 4 is 11.6 Å². The lowest BCUT2D eigenvalue weighted by molar-refractivity contribution is 0.316. The topological polar surface area (TPSA) is 93.6 Å². The van der Waals surface area contributed by atoms with Gasteiger partial charge in [0.25, 0.3) is 5.56 Å². The van der Waals surface area contributed by atoms with E-state index in [1.807, 2.05) is 6.07 Å². The minimum atomic E-state index is -1.52. The molecule has 0 saturated heterocycles. The molecule has 1 aliphatic carbocycles. The van der Waals surface area contributed by atoms with Gasteiger partial charge in [-0.2, -0.15) is 5.26 Å². The van der Waals surface area contributed by atoms with E-state index in [1.165, 1.54) is 31.5 Å². The van der Waals surface area contributed by atoms with Crippen LogP contribution in [0, 0.1) is 24.1 Å². The van der Waals surface area contributed by atoms with Gasteiger partial charge in [0.15, 0.2) is 5.82 Å². The third-order valence-electron chi connectivity index (χ3n) is 5.09. The predicted octanol–water partition coefficient (Wildman–Crippen LogP) is 3.04.